The first kappa shape index (κ1) is 15.9. The van der Waals surface area contributed by atoms with Crippen LogP contribution in [0.2, 0.25) is 0 Å². The number of hydrogen-bond donors (Lipinski definition) is 1. The van der Waals surface area contributed by atoms with Crippen molar-refractivity contribution in [2.45, 2.75) is 6.18 Å². The molecule has 1 aromatic carbocycles. The first-order valence-corrected chi connectivity index (χ1v) is 6.76. The van der Waals surface area contributed by atoms with Crippen LogP contribution in [0.5, 0.6) is 11.6 Å². The van der Waals surface area contributed by atoms with Crippen molar-refractivity contribution in [3.8, 4) is 34.2 Å². The molecular weight excluding hydrogens is 325 g/mol. The van der Waals surface area contributed by atoms with Crippen molar-refractivity contribution in [1.29, 1.82) is 0 Å². The molecule has 24 heavy (non-hydrogen) atoms. The summed E-state index contributed by atoms with van der Waals surface area (Å²) >= 11 is 0. The quantitative estimate of drug-likeness (QED) is 0.779. The van der Waals surface area contributed by atoms with Gasteiger partial charge in [-0.2, -0.15) is 13.2 Å². The Morgan fingerprint density at radius 1 is 1.04 bits per heavy atom. The highest BCUT2D eigenvalue weighted by Gasteiger charge is 2.39. The molecule has 0 unspecified atom stereocenters. The van der Waals surface area contributed by atoms with E-state index in [0.29, 0.717) is 17.0 Å². The number of alkyl halides is 3. The first-order chi connectivity index (χ1) is 11.4. The van der Waals surface area contributed by atoms with Crippen LogP contribution in [-0.4, -0.2) is 22.2 Å². The zero-order valence-electron chi connectivity index (χ0n) is 12.3. The van der Waals surface area contributed by atoms with E-state index in [0.717, 1.165) is 0 Å². The van der Waals surface area contributed by atoms with Crippen molar-refractivity contribution in [2.24, 2.45) is 0 Å². The van der Waals surface area contributed by atoms with Crippen LogP contribution < -0.4 is 4.74 Å². The number of hydrogen-bond acceptors (Lipinski definition) is 5. The van der Waals surface area contributed by atoms with Crippen LogP contribution in [0.4, 0.5) is 13.2 Å². The summed E-state index contributed by atoms with van der Waals surface area (Å²) in [6.45, 7) is 0. The minimum Gasteiger partial charge on any atom is -0.508 e. The van der Waals surface area contributed by atoms with Gasteiger partial charge in [-0.25, -0.2) is 9.97 Å². The maximum absolute atomic E-state index is 13.0. The Labute approximate surface area is 134 Å². The highest BCUT2D eigenvalue weighted by molar-refractivity contribution is 5.76. The van der Waals surface area contributed by atoms with Crippen molar-refractivity contribution in [1.82, 2.24) is 9.97 Å². The number of nitrogens with zero attached hydrogens (tertiary/aromatic N) is 2. The van der Waals surface area contributed by atoms with Gasteiger partial charge in [-0.05, 0) is 30.3 Å². The van der Waals surface area contributed by atoms with Crippen molar-refractivity contribution in [3.05, 3.63) is 48.5 Å². The molecule has 8 heteroatoms. The largest absolute Gasteiger partial charge is 0.508 e. The molecule has 0 aliphatic heterocycles. The predicted octanol–water partition coefficient (Wildman–Crippen LogP) is 4.14. The average molecular weight is 336 g/mol. The van der Waals surface area contributed by atoms with Crippen LogP contribution in [0, 0.1) is 0 Å². The van der Waals surface area contributed by atoms with E-state index in [1.54, 1.807) is 0 Å². The van der Waals surface area contributed by atoms with E-state index < -0.39 is 12.1 Å². The van der Waals surface area contributed by atoms with Crippen LogP contribution in [-0.2, 0) is 6.18 Å². The Kier molecular flexibility index (Phi) is 3.88. The minimum absolute atomic E-state index is 0.00293. The normalized spacial score (nSPS) is 11.5. The van der Waals surface area contributed by atoms with Gasteiger partial charge in [-0.3, -0.25) is 0 Å². The fourth-order valence-corrected chi connectivity index (χ4v) is 2.09. The summed E-state index contributed by atoms with van der Waals surface area (Å²) in [6, 6.07) is 8.63. The van der Waals surface area contributed by atoms with Gasteiger partial charge in [0, 0.05) is 23.4 Å². The lowest BCUT2D eigenvalue weighted by atomic mass is 10.1. The molecule has 0 aliphatic rings. The Hall–Kier alpha value is -3.03. The number of oxazole rings is 1. The number of rotatable bonds is 3. The zero-order valence-corrected chi connectivity index (χ0v) is 12.3. The lowest BCUT2D eigenvalue weighted by Crippen LogP contribution is -2.04. The zero-order chi connectivity index (χ0) is 17.3. The smallest absolute Gasteiger partial charge is 0.468 e. The van der Waals surface area contributed by atoms with E-state index in [4.69, 9.17) is 9.15 Å². The molecule has 3 aromatic rings. The molecule has 2 aromatic heterocycles. The van der Waals surface area contributed by atoms with E-state index in [1.807, 2.05) is 0 Å². The van der Waals surface area contributed by atoms with Crippen molar-refractivity contribution in [2.75, 3.05) is 7.11 Å². The molecule has 0 bridgehead atoms. The van der Waals surface area contributed by atoms with E-state index in [2.05, 4.69) is 9.97 Å². The summed E-state index contributed by atoms with van der Waals surface area (Å²) in [5, 5.41) is 9.33. The molecule has 0 amide bonds. The van der Waals surface area contributed by atoms with Gasteiger partial charge in [0.1, 0.15) is 11.4 Å². The number of aromatic hydroxyl groups is 1. The number of halogens is 3. The van der Waals surface area contributed by atoms with Gasteiger partial charge in [-0.1, -0.05) is 0 Å². The predicted molar refractivity (Wildman–Crippen MR) is 78.4 cm³/mol. The van der Waals surface area contributed by atoms with E-state index in [1.165, 1.54) is 49.7 Å². The number of benzene rings is 1. The Morgan fingerprint density at radius 2 is 1.71 bits per heavy atom. The number of pyridine rings is 1. The van der Waals surface area contributed by atoms with Crippen molar-refractivity contribution < 1.29 is 27.4 Å². The SMILES string of the molecule is COc1ccc(-c2nc(C(F)(F)F)oc2-c2ccc(O)cc2)cn1. The van der Waals surface area contributed by atoms with Gasteiger partial charge in [0.25, 0.3) is 0 Å². The number of aromatic nitrogens is 2. The summed E-state index contributed by atoms with van der Waals surface area (Å²) in [6.07, 6.45) is -3.37. The molecule has 1 N–H and O–H groups in total. The third-order valence-electron chi connectivity index (χ3n) is 3.22. The standard InChI is InChI=1S/C16H11F3N2O3/c1-23-12-7-4-10(8-20-12)13-14(9-2-5-11(22)6-3-9)24-15(21-13)16(17,18)19/h2-8,22H,1H3. The van der Waals surface area contributed by atoms with Crippen LogP contribution in [0.25, 0.3) is 22.6 Å². The maximum atomic E-state index is 13.0. The molecule has 0 radical (unpaired) electrons. The van der Waals surface area contributed by atoms with Crippen LogP contribution in [0.3, 0.4) is 0 Å². The van der Waals surface area contributed by atoms with Crippen LogP contribution in [0.15, 0.2) is 47.0 Å². The van der Waals surface area contributed by atoms with Gasteiger partial charge in [-0.15, -0.1) is 0 Å². The summed E-state index contributed by atoms with van der Waals surface area (Å²) in [4.78, 5) is 7.54. The van der Waals surface area contributed by atoms with E-state index >= 15 is 0 Å². The number of methoxy groups -OCH3 is 1. The molecule has 0 saturated heterocycles. The molecular formula is C16H11F3N2O3. The third kappa shape index (κ3) is 3.03. The second-order valence-corrected chi connectivity index (χ2v) is 4.83. The summed E-state index contributed by atoms with van der Waals surface area (Å²) < 4.78 is 48.8. The summed E-state index contributed by atoms with van der Waals surface area (Å²) in [5.74, 6) is -1.10. The monoisotopic (exact) mass is 336 g/mol. The summed E-state index contributed by atoms with van der Waals surface area (Å²) in [5.41, 5.74) is 0.697. The number of ether oxygens (including phenoxy) is 1. The molecule has 0 saturated carbocycles. The fraction of sp³-hybridized carbons (Fsp3) is 0.125. The Bertz CT molecular complexity index is 840. The fourth-order valence-electron chi connectivity index (χ4n) is 2.09. The molecule has 5 nitrogen and oxygen atoms in total. The molecule has 124 valence electrons. The van der Waals surface area contributed by atoms with Gasteiger partial charge in [0.15, 0.2) is 5.76 Å². The van der Waals surface area contributed by atoms with Gasteiger partial charge < -0.3 is 14.3 Å². The molecule has 0 aliphatic carbocycles. The van der Waals surface area contributed by atoms with Gasteiger partial charge in [0.05, 0.1) is 7.11 Å². The second-order valence-electron chi connectivity index (χ2n) is 4.83. The van der Waals surface area contributed by atoms with E-state index in [-0.39, 0.29) is 17.2 Å². The maximum Gasteiger partial charge on any atom is 0.468 e. The van der Waals surface area contributed by atoms with Crippen LogP contribution >= 0.6 is 0 Å². The van der Waals surface area contributed by atoms with Crippen molar-refractivity contribution in [3.63, 3.8) is 0 Å². The van der Waals surface area contributed by atoms with Crippen molar-refractivity contribution >= 4 is 0 Å². The second kappa shape index (κ2) is 5.88. The first-order valence-electron chi connectivity index (χ1n) is 6.76. The molecule has 2 heterocycles. The topological polar surface area (TPSA) is 68.4 Å². The highest BCUT2D eigenvalue weighted by atomic mass is 19.4. The van der Waals surface area contributed by atoms with E-state index in [9.17, 15) is 18.3 Å². The van der Waals surface area contributed by atoms with Gasteiger partial charge >= 0.3 is 12.1 Å². The number of phenolic OH excluding ortho intramolecular Hbond substituents is 1. The average Bonchev–Trinajstić information content (AvgIpc) is 3.01. The van der Waals surface area contributed by atoms with Gasteiger partial charge in [0.2, 0.25) is 5.88 Å². The Balaban J connectivity index is 2.15. The highest BCUT2D eigenvalue weighted by Crippen LogP contribution is 2.38. The Morgan fingerprint density at radius 3 is 2.25 bits per heavy atom. The molecule has 0 atom stereocenters. The molecule has 0 spiro atoms. The minimum atomic E-state index is -4.72. The molecule has 3 rings (SSSR count). The number of phenols is 1. The van der Waals surface area contributed by atoms with Crippen LogP contribution in [0.1, 0.15) is 5.89 Å². The lowest BCUT2D eigenvalue weighted by molar-refractivity contribution is -0.156. The molecule has 0 fully saturated rings. The summed E-state index contributed by atoms with van der Waals surface area (Å²) in [7, 11) is 1.43. The third-order valence-corrected chi connectivity index (χ3v) is 3.22. The lowest BCUT2D eigenvalue weighted by Gasteiger charge is -2.03.